The first kappa shape index (κ1) is 31.3. The van der Waals surface area contributed by atoms with Crippen molar-refractivity contribution in [2.45, 2.75) is 51.0 Å². The number of hydrogen-bond donors (Lipinski definition) is 1. The quantitative estimate of drug-likeness (QED) is 0.251. The van der Waals surface area contributed by atoms with Gasteiger partial charge >= 0.3 is 6.01 Å². The molecule has 7 rings (SSSR count). The lowest BCUT2D eigenvalue weighted by Gasteiger charge is -2.44. The maximum absolute atomic E-state index is 17.1. The molecule has 2 saturated heterocycles. The van der Waals surface area contributed by atoms with Crippen LogP contribution in [0.15, 0.2) is 24.3 Å². The summed E-state index contributed by atoms with van der Waals surface area (Å²) in [5.41, 5.74) is -0.201. The van der Waals surface area contributed by atoms with Crippen LogP contribution in [0.5, 0.6) is 17.6 Å². The molecule has 3 aliphatic rings. The number of benzene rings is 2. The van der Waals surface area contributed by atoms with E-state index in [0.717, 1.165) is 51.5 Å². The average molecular weight is 644 g/mol. The van der Waals surface area contributed by atoms with Crippen molar-refractivity contribution in [1.82, 2.24) is 19.9 Å². The molecule has 2 atom stereocenters. The van der Waals surface area contributed by atoms with Gasteiger partial charge in [-0.05, 0) is 75.7 Å². The largest absolute Gasteiger partial charge is 0.508 e. The number of anilines is 1. The Morgan fingerprint density at radius 2 is 1.89 bits per heavy atom. The first-order chi connectivity index (χ1) is 22.8. The molecule has 3 fully saturated rings. The van der Waals surface area contributed by atoms with E-state index in [1.165, 1.54) is 31.4 Å². The molecule has 1 saturated carbocycles. The number of pyridine rings is 1. The summed E-state index contributed by atoms with van der Waals surface area (Å²) < 4.78 is 50.0. The number of hydrogen-bond acceptors (Lipinski definition) is 9. The Morgan fingerprint density at radius 1 is 1.04 bits per heavy atom. The molecule has 9 nitrogen and oxygen atoms in total. The zero-order valence-corrected chi connectivity index (χ0v) is 26.8. The van der Waals surface area contributed by atoms with Gasteiger partial charge in [-0.3, -0.25) is 0 Å². The number of piperidine rings is 1. The summed E-state index contributed by atoms with van der Waals surface area (Å²) >= 11 is 0. The van der Waals surface area contributed by atoms with Crippen molar-refractivity contribution in [3.63, 3.8) is 0 Å². The van der Waals surface area contributed by atoms with Gasteiger partial charge in [0.05, 0.1) is 25.9 Å². The number of fused-ring (bicyclic) bond motifs is 3. The standard InChI is InChI=1S/C36H39F2N5O4/c1-4-24-26(37)11-10-22-19-23(44)20-25(28(22)24)31-30(38)32-29(34(39-31)45-3)33(43-15-5-6-17-46-18-16-43)41-35(40-32)47-21-36-12-7-9-27(36)42(2)14-8-13-36/h1,10-11,19-20,27,44H,5-9,12-18,21H2,2-3H3/t27-,36-/m1/s1. The predicted octanol–water partition coefficient (Wildman–Crippen LogP) is 6.08. The van der Waals surface area contributed by atoms with E-state index >= 15 is 4.39 Å². The molecule has 2 aliphatic heterocycles. The maximum Gasteiger partial charge on any atom is 0.319 e. The van der Waals surface area contributed by atoms with Crippen molar-refractivity contribution in [2.24, 2.45) is 5.41 Å². The highest BCUT2D eigenvalue weighted by Crippen LogP contribution is 2.48. The van der Waals surface area contributed by atoms with Crippen LogP contribution in [0.4, 0.5) is 14.6 Å². The van der Waals surface area contributed by atoms with Crippen molar-refractivity contribution in [3.05, 3.63) is 41.5 Å². The van der Waals surface area contributed by atoms with Gasteiger partial charge in [0.15, 0.2) is 5.82 Å². The third-order valence-corrected chi connectivity index (χ3v) is 10.2. The minimum absolute atomic E-state index is 0.0182. The number of terminal acetylenes is 1. The smallest absolute Gasteiger partial charge is 0.319 e. The van der Waals surface area contributed by atoms with Crippen molar-refractivity contribution in [2.75, 3.05) is 58.5 Å². The summed E-state index contributed by atoms with van der Waals surface area (Å²) in [5.74, 6) is 1.34. The molecule has 0 amide bonds. The second kappa shape index (κ2) is 12.7. The van der Waals surface area contributed by atoms with E-state index in [0.29, 0.717) is 55.5 Å². The molecule has 2 aromatic heterocycles. The molecule has 11 heteroatoms. The van der Waals surface area contributed by atoms with Crippen LogP contribution in [0.1, 0.15) is 50.5 Å². The van der Waals surface area contributed by atoms with Crippen LogP contribution in [-0.2, 0) is 4.74 Å². The van der Waals surface area contributed by atoms with E-state index in [4.69, 9.17) is 25.6 Å². The molecular formula is C36H39F2N5O4. The molecule has 47 heavy (non-hydrogen) atoms. The van der Waals surface area contributed by atoms with Crippen LogP contribution in [-0.4, -0.2) is 84.6 Å². The zero-order chi connectivity index (χ0) is 32.7. The molecule has 4 aromatic rings. The Kier molecular flexibility index (Phi) is 8.49. The summed E-state index contributed by atoms with van der Waals surface area (Å²) in [4.78, 5) is 18.6. The Bertz CT molecular complexity index is 1870. The van der Waals surface area contributed by atoms with Crippen LogP contribution in [0.2, 0.25) is 0 Å². The van der Waals surface area contributed by atoms with Gasteiger partial charge in [-0.2, -0.15) is 9.97 Å². The molecule has 0 spiro atoms. The van der Waals surface area contributed by atoms with E-state index in [9.17, 15) is 9.50 Å². The zero-order valence-electron chi connectivity index (χ0n) is 26.8. The van der Waals surface area contributed by atoms with Gasteiger partial charge in [-0.25, -0.2) is 13.8 Å². The van der Waals surface area contributed by atoms with Crippen molar-refractivity contribution in [1.29, 1.82) is 0 Å². The van der Waals surface area contributed by atoms with Gasteiger partial charge < -0.3 is 29.1 Å². The number of aromatic hydroxyl groups is 1. The first-order valence-electron chi connectivity index (χ1n) is 16.4. The summed E-state index contributed by atoms with van der Waals surface area (Å²) in [7, 11) is 3.62. The minimum atomic E-state index is -0.786. The maximum atomic E-state index is 17.1. The molecule has 2 aromatic carbocycles. The molecule has 0 bridgehead atoms. The average Bonchev–Trinajstić information content (AvgIpc) is 3.49. The van der Waals surface area contributed by atoms with Crippen molar-refractivity contribution < 1.29 is 28.1 Å². The van der Waals surface area contributed by atoms with Crippen LogP contribution in [0, 0.1) is 29.4 Å². The number of rotatable bonds is 6. The van der Waals surface area contributed by atoms with Crippen molar-refractivity contribution in [3.8, 4) is 41.2 Å². The third kappa shape index (κ3) is 5.57. The number of ether oxygens (including phenoxy) is 3. The SMILES string of the molecule is C#Cc1c(F)ccc2cc(O)cc(-c3nc(OC)c4c(N5CCCCOCC5)nc(OC[C@]56CCC[C@H]5N(C)CCC6)nc4c3F)c12. The second-order valence-electron chi connectivity index (χ2n) is 12.9. The summed E-state index contributed by atoms with van der Waals surface area (Å²) in [6, 6.07) is 5.97. The number of methoxy groups -OCH3 is 1. The fraction of sp³-hybridized carbons (Fsp3) is 0.472. The van der Waals surface area contributed by atoms with Gasteiger partial charge in [-0.1, -0.05) is 18.4 Å². The van der Waals surface area contributed by atoms with Gasteiger partial charge in [-0.15, -0.1) is 6.42 Å². The lowest BCUT2D eigenvalue weighted by molar-refractivity contribution is 0.0133. The van der Waals surface area contributed by atoms with E-state index in [2.05, 4.69) is 27.8 Å². The number of likely N-dealkylation sites (tertiary alicyclic amines) is 1. The Morgan fingerprint density at radius 3 is 2.72 bits per heavy atom. The number of aromatic nitrogens is 3. The third-order valence-electron chi connectivity index (χ3n) is 10.2. The van der Waals surface area contributed by atoms with Gasteiger partial charge in [0.1, 0.15) is 34.0 Å². The van der Waals surface area contributed by atoms with Crippen LogP contribution in [0.25, 0.3) is 32.9 Å². The van der Waals surface area contributed by atoms with Crippen LogP contribution < -0.4 is 14.4 Å². The van der Waals surface area contributed by atoms with E-state index in [1.54, 1.807) is 0 Å². The number of phenolic OH excluding ortho intramolecular Hbond substituents is 1. The number of phenols is 1. The highest BCUT2D eigenvalue weighted by molar-refractivity contribution is 6.04. The number of nitrogens with zero attached hydrogens (tertiary/aromatic N) is 5. The predicted molar refractivity (Wildman–Crippen MR) is 176 cm³/mol. The fourth-order valence-electron chi connectivity index (χ4n) is 7.97. The van der Waals surface area contributed by atoms with E-state index in [-0.39, 0.29) is 50.8 Å². The number of halogens is 2. The highest BCUT2D eigenvalue weighted by atomic mass is 19.1. The summed E-state index contributed by atoms with van der Waals surface area (Å²) in [6.07, 6.45) is 12.9. The minimum Gasteiger partial charge on any atom is -0.508 e. The van der Waals surface area contributed by atoms with Gasteiger partial charge in [0, 0.05) is 42.1 Å². The first-order valence-corrected chi connectivity index (χ1v) is 16.4. The fourth-order valence-corrected chi connectivity index (χ4v) is 7.97. The van der Waals surface area contributed by atoms with E-state index < -0.39 is 11.6 Å². The summed E-state index contributed by atoms with van der Waals surface area (Å²) in [5, 5.41) is 11.6. The molecular weight excluding hydrogens is 604 g/mol. The van der Waals surface area contributed by atoms with Crippen LogP contribution >= 0.6 is 0 Å². The summed E-state index contributed by atoms with van der Waals surface area (Å²) in [6.45, 7) is 3.85. The van der Waals surface area contributed by atoms with Crippen LogP contribution in [0.3, 0.4) is 0 Å². The second-order valence-corrected chi connectivity index (χ2v) is 12.9. The highest BCUT2D eigenvalue weighted by Gasteiger charge is 2.47. The lowest BCUT2D eigenvalue weighted by Crippen LogP contribution is -2.50. The topological polar surface area (TPSA) is 93.1 Å². The Labute approximate surface area is 272 Å². The molecule has 1 aliphatic carbocycles. The molecule has 246 valence electrons. The van der Waals surface area contributed by atoms with Crippen molar-refractivity contribution >= 4 is 27.5 Å². The lowest BCUT2D eigenvalue weighted by atomic mass is 9.76. The monoisotopic (exact) mass is 643 g/mol. The van der Waals surface area contributed by atoms with Gasteiger partial charge in [0.2, 0.25) is 5.88 Å². The van der Waals surface area contributed by atoms with Gasteiger partial charge in [0.25, 0.3) is 0 Å². The normalized spacial score (nSPS) is 22.1. The molecule has 0 unspecified atom stereocenters. The Hall–Kier alpha value is -4.27. The molecule has 0 radical (unpaired) electrons. The van der Waals surface area contributed by atoms with E-state index in [1.807, 2.05) is 4.90 Å². The molecule has 1 N–H and O–H groups in total. The molecule has 4 heterocycles. The Balaban J connectivity index is 1.42.